The van der Waals surface area contributed by atoms with E-state index < -0.39 is 0 Å². The van der Waals surface area contributed by atoms with E-state index in [0.29, 0.717) is 5.03 Å². The van der Waals surface area contributed by atoms with Gasteiger partial charge in [0, 0.05) is 23.0 Å². The quantitative estimate of drug-likeness (QED) is 0.341. The van der Waals surface area contributed by atoms with Crippen LogP contribution >= 0.6 is 24.0 Å². The Labute approximate surface area is 98.2 Å². The van der Waals surface area contributed by atoms with Crippen molar-refractivity contribution in [3.8, 4) is 5.40 Å². The normalized spacial score (nSPS) is 9.20. The largest absolute Gasteiger partial charge is 0.245 e. The third kappa shape index (κ3) is 2.42. The molecule has 0 aliphatic carbocycles. The van der Waals surface area contributed by atoms with E-state index >= 15 is 0 Å². The number of aromatic nitrogens is 1. The van der Waals surface area contributed by atoms with E-state index in [1.807, 2.05) is 26.2 Å². The average Bonchev–Trinajstić information content (AvgIpc) is 2.21. The lowest BCUT2D eigenvalue weighted by molar-refractivity contribution is 1.00. The molecule has 1 aromatic rings. The second-order valence-electron chi connectivity index (χ2n) is 3.00. The lowest BCUT2D eigenvalue weighted by Crippen LogP contribution is -1.94. The standard InChI is InChI=1S/C10H9N3S2/c1-6-8(3)13-10(15-4-11)7(2)9(6)12-5-14/h1-3H3. The summed E-state index contributed by atoms with van der Waals surface area (Å²) in [5, 5.41) is 13.7. The summed E-state index contributed by atoms with van der Waals surface area (Å²) in [6, 6.07) is 0. The number of nitrogens with zero attached hydrogens (tertiary/aromatic N) is 3. The molecule has 0 N–H and O–H groups in total. The van der Waals surface area contributed by atoms with E-state index in [-0.39, 0.29) is 0 Å². The van der Waals surface area contributed by atoms with Crippen molar-refractivity contribution in [3.05, 3.63) is 16.8 Å². The minimum Gasteiger partial charge on any atom is -0.245 e. The van der Waals surface area contributed by atoms with Gasteiger partial charge in [-0.2, -0.15) is 10.3 Å². The van der Waals surface area contributed by atoms with Crippen molar-refractivity contribution >= 4 is 34.8 Å². The highest BCUT2D eigenvalue weighted by atomic mass is 32.2. The van der Waals surface area contributed by atoms with Crippen molar-refractivity contribution in [1.82, 2.24) is 4.98 Å². The molecule has 0 aliphatic rings. The molecule has 0 saturated carbocycles. The Morgan fingerprint density at radius 1 is 1.33 bits per heavy atom. The van der Waals surface area contributed by atoms with Gasteiger partial charge in [0.15, 0.2) is 0 Å². The molecule has 15 heavy (non-hydrogen) atoms. The number of aryl methyl sites for hydroxylation is 1. The molecule has 0 aliphatic heterocycles. The minimum absolute atomic E-state index is 0.685. The number of rotatable bonds is 2. The van der Waals surface area contributed by atoms with Gasteiger partial charge < -0.3 is 0 Å². The molecule has 0 radical (unpaired) electrons. The molecule has 0 atom stereocenters. The highest BCUT2D eigenvalue weighted by Crippen LogP contribution is 2.31. The lowest BCUT2D eigenvalue weighted by Gasteiger charge is -2.09. The number of thiocyanates is 1. The van der Waals surface area contributed by atoms with Gasteiger partial charge in [-0.25, -0.2) is 4.98 Å². The highest BCUT2D eigenvalue weighted by Gasteiger charge is 2.11. The van der Waals surface area contributed by atoms with Gasteiger partial charge in [0.25, 0.3) is 0 Å². The Morgan fingerprint density at radius 3 is 2.53 bits per heavy atom. The van der Waals surface area contributed by atoms with E-state index in [9.17, 15) is 0 Å². The molecule has 0 saturated heterocycles. The van der Waals surface area contributed by atoms with Crippen LogP contribution in [-0.4, -0.2) is 10.1 Å². The lowest BCUT2D eigenvalue weighted by atomic mass is 10.1. The minimum atomic E-state index is 0.685. The van der Waals surface area contributed by atoms with Gasteiger partial charge in [-0.1, -0.05) is 0 Å². The zero-order valence-electron chi connectivity index (χ0n) is 8.66. The zero-order chi connectivity index (χ0) is 11.4. The Kier molecular flexibility index (Phi) is 3.98. The van der Waals surface area contributed by atoms with Crippen molar-refractivity contribution in [2.75, 3.05) is 0 Å². The molecular formula is C10H9N3S2. The van der Waals surface area contributed by atoms with Gasteiger partial charge in [-0.3, -0.25) is 0 Å². The first-order valence-electron chi connectivity index (χ1n) is 4.23. The predicted molar refractivity (Wildman–Crippen MR) is 64.6 cm³/mol. The zero-order valence-corrected chi connectivity index (χ0v) is 10.3. The number of hydrogen-bond donors (Lipinski definition) is 0. The number of thioether (sulfide) groups is 1. The maximum Gasteiger partial charge on any atom is 0.140 e. The van der Waals surface area contributed by atoms with Crippen LogP contribution in [0.3, 0.4) is 0 Å². The third-order valence-electron chi connectivity index (χ3n) is 2.14. The van der Waals surface area contributed by atoms with Crippen LogP contribution < -0.4 is 0 Å². The van der Waals surface area contributed by atoms with Crippen molar-refractivity contribution in [2.45, 2.75) is 25.8 Å². The van der Waals surface area contributed by atoms with Crippen molar-refractivity contribution < 1.29 is 0 Å². The summed E-state index contributed by atoms with van der Waals surface area (Å²) < 4.78 is 0. The molecule has 1 aromatic heterocycles. The second-order valence-corrected chi connectivity index (χ2v) is 3.95. The fourth-order valence-corrected chi connectivity index (χ4v) is 1.84. The molecule has 0 spiro atoms. The van der Waals surface area contributed by atoms with E-state index in [4.69, 9.17) is 5.26 Å². The number of isothiocyanates is 1. The first-order chi connectivity index (χ1) is 7.11. The molecule has 0 fully saturated rings. The molecule has 0 bridgehead atoms. The number of pyridine rings is 1. The van der Waals surface area contributed by atoms with Crippen molar-refractivity contribution in [1.29, 1.82) is 5.26 Å². The first kappa shape index (κ1) is 11.9. The molecule has 1 heterocycles. The summed E-state index contributed by atoms with van der Waals surface area (Å²) in [5.74, 6) is 0. The Morgan fingerprint density at radius 2 is 2.00 bits per heavy atom. The number of thiocarbonyl (C=S) groups is 1. The summed E-state index contributed by atoms with van der Waals surface area (Å²) in [4.78, 5) is 8.34. The van der Waals surface area contributed by atoms with Gasteiger partial charge in [0.1, 0.15) is 10.4 Å². The van der Waals surface area contributed by atoms with E-state index in [0.717, 1.165) is 34.3 Å². The van der Waals surface area contributed by atoms with Crippen LogP contribution in [0.5, 0.6) is 0 Å². The van der Waals surface area contributed by atoms with Gasteiger partial charge in [0.2, 0.25) is 0 Å². The van der Waals surface area contributed by atoms with Gasteiger partial charge in [-0.15, -0.1) is 0 Å². The third-order valence-corrected chi connectivity index (χ3v) is 2.92. The fraction of sp³-hybridized carbons (Fsp3) is 0.300. The molecule has 0 unspecified atom stereocenters. The Balaban J connectivity index is 3.49. The molecular weight excluding hydrogens is 226 g/mol. The van der Waals surface area contributed by atoms with Crippen LogP contribution in [0.25, 0.3) is 0 Å². The van der Waals surface area contributed by atoms with Crippen LogP contribution in [0, 0.1) is 31.4 Å². The average molecular weight is 235 g/mol. The van der Waals surface area contributed by atoms with Crippen LogP contribution in [0.4, 0.5) is 5.69 Å². The van der Waals surface area contributed by atoms with Crippen LogP contribution in [0.1, 0.15) is 16.8 Å². The number of hydrogen-bond acceptors (Lipinski definition) is 5. The van der Waals surface area contributed by atoms with E-state index in [2.05, 4.69) is 27.4 Å². The molecule has 0 aromatic carbocycles. The SMILES string of the molecule is Cc1nc(SC#N)c(C)c(N=C=S)c1C. The van der Waals surface area contributed by atoms with Gasteiger partial charge in [-0.05, 0) is 38.6 Å². The van der Waals surface area contributed by atoms with Crippen LogP contribution in [0.15, 0.2) is 10.0 Å². The molecule has 5 heteroatoms. The summed E-state index contributed by atoms with van der Waals surface area (Å²) in [6.45, 7) is 5.70. The summed E-state index contributed by atoms with van der Waals surface area (Å²) in [6.07, 6.45) is 0. The number of aliphatic imine (C=N–C) groups is 1. The molecule has 0 amide bonds. The monoisotopic (exact) mass is 235 g/mol. The Hall–Kier alpha value is -1.21. The summed E-state index contributed by atoms with van der Waals surface area (Å²) in [7, 11) is 0. The van der Waals surface area contributed by atoms with E-state index in [1.165, 1.54) is 0 Å². The highest BCUT2D eigenvalue weighted by molar-refractivity contribution is 8.03. The topological polar surface area (TPSA) is 49.0 Å². The smallest absolute Gasteiger partial charge is 0.140 e. The van der Waals surface area contributed by atoms with Crippen molar-refractivity contribution in [3.63, 3.8) is 0 Å². The van der Waals surface area contributed by atoms with Crippen LogP contribution in [0.2, 0.25) is 0 Å². The summed E-state index contributed by atoms with van der Waals surface area (Å²) in [5.41, 5.74) is 3.49. The fourth-order valence-electron chi connectivity index (χ4n) is 1.23. The van der Waals surface area contributed by atoms with Gasteiger partial charge >= 0.3 is 0 Å². The molecule has 3 nitrogen and oxygen atoms in total. The Bertz CT molecular complexity index is 482. The number of nitriles is 1. The maximum absolute atomic E-state index is 8.63. The van der Waals surface area contributed by atoms with E-state index in [1.54, 1.807) is 0 Å². The predicted octanol–water partition coefficient (Wildman–Crippen LogP) is 3.31. The first-order valence-corrected chi connectivity index (χ1v) is 5.46. The second kappa shape index (κ2) is 5.04. The van der Waals surface area contributed by atoms with Gasteiger partial charge in [0.05, 0.1) is 10.8 Å². The van der Waals surface area contributed by atoms with Crippen molar-refractivity contribution in [2.24, 2.45) is 4.99 Å². The maximum atomic E-state index is 8.63. The molecule has 1 rings (SSSR count). The summed E-state index contributed by atoms with van der Waals surface area (Å²) >= 11 is 5.63. The van der Waals surface area contributed by atoms with Crippen LogP contribution in [-0.2, 0) is 0 Å². The molecule has 76 valence electrons.